The Morgan fingerprint density at radius 1 is 1.26 bits per heavy atom. The maximum absolute atomic E-state index is 11.9. The summed E-state index contributed by atoms with van der Waals surface area (Å²) >= 11 is 3.37. The Balaban J connectivity index is 2.01. The first kappa shape index (κ1) is 13.5. The Bertz CT molecular complexity index is 619. The molecule has 1 aromatic carbocycles. The Morgan fingerprint density at radius 2 is 2.00 bits per heavy atom. The van der Waals surface area contributed by atoms with Crippen molar-refractivity contribution in [3.05, 3.63) is 52.8 Å². The largest absolute Gasteiger partial charge is 0.344 e. The Labute approximate surface area is 119 Å². The van der Waals surface area contributed by atoms with E-state index in [1.165, 1.54) is 6.92 Å². The molecular formula is C14H13BrN2O2. The lowest BCUT2D eigenvalue weighted by molar-refractivity contribution is -0.116. The van der Waals surface area contributed by atoms with E-state index in [0.29, 0.717) is 5.56 Å². The second-order valence-electron chi connectivity index (χ2n) is 4.16. The van der Waals surface area contributed by atoms with Gasteiger partial charge in [0.2, 0.25) is 5.91 Å². The van der Waals surface area contributed by atoms with Gasteiger partial charge in [-0.05, 0) is 41.1 Å². The Hall–Kier alpha value is -1.88. The summed E-state index contributed by atoms with van der Waals surface area (Å²) in [5.41, 5.74) is 1.33. The molecule has 98 valence electrons. The highest BCUT2D eigenvalue weighted by Crippen LogP contribution is 2.21. The van der Waals surface area contributed by atoms with E-state index in [9.17, 15) is 9.59 Å². The normalized spacial score (nSPS) is 10.2. The second-order valence-corrected chi connectivity index (χ2v) is 5.01. The van der Waals surface area contributed by atoms with Gasteiger partial charge in [0.15, 0.2) is 5.78 Å². The van der Waals surface area contributed by atoms with E-state index in [1.807, 2.05) is 24.3 Å². The van der Waals surface area contributed by atoms with Crippen molar-refractivity contribution in [2.45, 2.75) is 13.5 Å². The molecule has 1 aromatic heterocycles. The highest BCUT2D eigenvalue weighted by Gasteiger charge is 2.07. The number of nitrogens with one attached hydrogen (secondary N) is 1. The molecular weight excluding hydrogens is 308 g/mol. The second kappa shape index (κ2) is 5.84. The van der Waals surface area contributed by atoms with Crippen molar-refractivity contribution >= 4 is 33.3 Å². The molecule has 0 aliphatic carbocycles. The van der Waals surface area contributed by atoms with Crippen LogP contribution in [-0.2, 0) is 11.3 Å². The van der Waals surface area contributed by atoms with Crippen molar-refractivity contribution in [3.8, 4) is 0 Å². The van der Waals surface area contributed by atoms with Gasteiger partial charge in [-0.15, -0.1) is 0 Å². The van der Waals surface area contributed by atoms with Crippen LogP contribution in [0.1, 0.15) is 17.3 Å². The monoisotopic (exact) mass is 320 g/mol. The number of benzene rings is 1. The number of aromatic nitrogens is 1. The van der Waals surface area contributed by atoms with Gasteiger partial charge in [-0.2, -0.15) is 0 Å². The molecule has 1 N–H and O–H groups in total. The number of rotatable bonds is 4. The van der Waals surface area contributed by atoms with Crippen LogP contribution < -0.4 is 5.32 Å². The van der Waals surface area contributed by atoms with E-state index in [4.69, 9.17) is 0 Å². The Kier molecular flexibility index (Phi) is 4.16. The van der Waals surface area contributed by atoms with Gasteiger partial charge in [-0.1, -0.05) is 12.1 Å². The minimum absolute atomic E-state index is 0.00929. The zero-order valence-corrected chi connectivity index (χ0v) is 12.0. The molecule has 1 heterocycles. The van der Waals surface area contributed by atoms with Gasteiger partial charge in [0.1, 0.15) is 6.54 Å². The van der Waals surface area contributed by atoms with Gasteiger partial charge in [-0.25, -0.2) is 0 Å². The number of para-hydroxylation sites is 1. The Morgan fingerprint density at radius 3 is 2.63 bits per heavy atom. The van der Waals surface area contributed by atoms with Gasteiger partial charge >= 0.3 is 0 Å². The van der Waals surface area contributed by atoms with Crippen LogP contribution in [0.4, 0.5) is 5.69 Å². The molecule has 0 saturated carbocycles. The van der Waals surface area contributed by atoms with Gasteiger partial charge < -0.3 is 9.88 Å². The van der Waals surface area contributed by atoms with Gasteiger partial charge in [0.05, 0.1) is 5.69 Å². The van der Waals surface area contributed by atoms with Crippen LogP contribution in [0.3, 0.4) is 0 Å². The van der Waals surface area contributed by atoms with Crippen LogP contribution in [0.25, 0.3) is 0 Å². The molecule has 2 aromatic rings. The molecule has 0 saturated heterocycles. The summed E-state index contributed by atoms with van der Waals surface area (Å²) in [5, 5.41) is 2.81. The summed E-state index contributed by atoms with van der Waals surface area (Å²) in [6.07, 6.45) is 3.39. The van der Waals surface area contributed by atoms with Crippen LogP contribution in [0, 0.1) is 0 Å². The van der Waals surface area contributed by atoms with Gasteiger partial charge in [-0.3, -0.25) is 9.59 Å². The number of Topliss-reactive ketones (excluding diaryl/α,β-unsaturated/α-hetero) is 1. The molecule has 2 rings (SSSR count). The fourth-order valence-electron chi connectivity index (χ4n) is 1.67. The molecule has 5 heteroatoms. The van der Waals surface area contributed by atoms with E-state index in [-0.39, 0.29) is 18.2 Å². The molecule has 1 amide bonds. The smallest absolute Gasteiger partial charge is 0.244 e. The first-order chi connectivity index (χ1) is 9.06. The predicted octanol–water partition coefficient (Wildman–Crippen LogP) is 3.09. The van der Waals surface area contributed by atoms with Crippen molar-refractivity contribution < 1.29 is 9.59 Å². The highest BCUT2D eigenvalue weighted by molar-refractivity contribution is 9.10. The maximum Gasteiger partial charge on any atom is 0.244 e. The molecule has 0 aliphatic rings. The summed E-state index contributed by atoms with van der Waals surface area (Å²) in [4.78, 5) is 23.0. The summed E-state index contributed by atoms with van der Waals surface area (Å²) in [6.45, 7) is 1.68. The number of carbonyl (C=O) groups excluding carboxylic acids is 2. The number of hydrogen-bond donors (Lipinski definition) is 1. The quantitative estimate of drug-likeness (QED) is 0.880. The number of carbonyl (C=O) groups is 2. The summed E-state index contributed by atoms with van der Waals surface area (Å²) < 4.78 is 2.52. The fraction of sp³-hybridized carbons (Fsp3) is 0.143. The van der Waals surface area contributed by atoms with Crippen molar-refractivity contribution in [1.29, 1.82) is 0 Å². The number of nitrogens with zero attached hydrogens (tertiary/aromatic N) is 1. The van der Waals surface area contributed by atoms with Crippen LogP contribution in [-0.4, -0.2) is 16.3 Å². The number of anilines is 1. The van der Waals surface area contributed by atoms with Crippen molar-refractivity contribution in [1.82, 2.24) is 4.57 Å². The first-order valence-electron chi connectivity index (χ1n) is 5.77. The average Bonchev–Trinajstić information content (AvgIpc) is 2.80. The third kappa shape index (κ3) is 3.54. The molecule has 4 nitrogen and oxygen atoms in total. The lowest BCUT2D eigenvalue weighted by atomic mass is 10.2. The van der Waals surface area contributed by atoms with Crippen molar-refractivity contribution in [2.24, 2.45) is 0 Å². The molecule has 19 heavy (non-hydrogen) atoms. The average molecular weight is 321 g/mol. The van der Waals surface area contributed by atoms with Crippen LogP contribution >= 0.6 is 15.9 Å². The predicted molar refractivity (Wildman–Crippen MR) is 77.2 cm³/mol. The third-order valence-corrected chi connectivity index (χ3v) is 3.32. The van der Waals surface area contributed by atoms with E-state index in [0.717, 1.165) is 10.2 Å². The minimum Gasteiger partial charge on any atom is -0.344 e. The number of ketones is 1. The van der Waals surface area contributed by atoms with Crippen molar-refractivity contribution in [3.63, 3.8) is 0 Å². The number of hydrogen-bond acceptors (Lipinski definition) is 2. The zero-order chi connectivity index (χ0) is 13.8. The van der Waals surface area contributed by atoms with E-state index >= 15 is 0 Å². The molecule has 0 fully saturated rings. The maximum atomic E-state index is 11.9. The van der Waals surface area contributed by atoms with Gasteiger partial charge in [0, 0.05) is 22.4 Å². The first-order valence-corrected chi connectivity index (χ1v) is 6.56. The minimum atomic E-state index is -0.141. The van der Waals surface area contributed by atoms with Gasteiger partial charge in [0.25, 0.3) is 0 Å². The standard InChI is InChI=1S/C14H13BrN2O2/c1-10(18)11-6-7-17(8-11)9-14(19)16-13-5-3-2-4-12(13)15/h2-8H,9H2,1H3,(H,16,19). The topological polar surface area (TPSA) is 51.1 Å². The number of halogens is 1. The molecule has 0 unspecified atom stereocenters. The summed E-state index contributed by atoms with van der Waals surface area (Å²) in [5.74, 6) is -0.150. The molecule has 0 spiro atoms. The lowest BCUT2D eigenvalue weighted by Crippen LogP contribution is -2.18. The lowest BCUT2D eigenvalue weighted by Gasteiger charge is -2.07. The zero-order valence-electron chi connectivity index (χ0n) is 10.4. The summed E-state index contributed by atoms with van der Waals surface area (Å²) in [6, 6.07) is 9.11. The highest BCUT2D eigenvalue weighted by atomic mass is 79.9. The molecule has 0 aliphatic heterocycles. The third-order valence-electron chi connectivity index (χ3n) is 2.63. The van der Waals surface area contributed by atoms with Crippen LogP contribution in [0.2, 0.25) is 0 Å². The van der Waals surface area contributed by atoms with E-state index in [2.05, 4.69) is 21.2 Å². The molecule has 0 atom stereocenters. The van der Waals surface area contributed by atoms with E-state index < -0.39 is 0 Å². The SMILES string of the molecule is CC(=O)c1ccn(CC(=O)Nc2ccccc2Br)c1. The molecule has 0 radical (unpaired) electrons. The number of amides is 1. The van der Waals surface area contributed by atoms with Crippen LogP contribution in [0.5, 0.6) is 0 Å². The fourth-order valence-corrected chi connectivity index (χ4v) is 2.05. The van der Waals surface area contributed by atoms with E-state index in [1.54, 1.807) is 23.0 Å². The van der Waals surface area contributed by atoms with Crippen LogP contribution in [0.15, 0.2) is 47.2 Å². The molecule has 0 bridgehead atoms. The summed E-state index contributed by atoms with van der Waals surface area (Å²) in [7, 11) is 0. The van der Waals surface area contributed by atoms with Crippen molar-refractivity contribution in [2.75, 3.05) is 5.32 Å².